The van der Waals surface area contributed by atoms with Crippen LogP contribution in [0, 0.1) is 5.82 Å². The monoisotopic (exact) mass is 294 g/mol. The van der Waals surface area contributed by atoms with Crippen LogP contribution in [0.3, 0.4) is 0 Å². The second-order valence-electron chi connectivity index (χ2n) is 3.97. The Morgan fingerprint density at radius 3 is 2.39 bits per heavy atom. The number of alkyl halides is 1. The van der Waals surface area contributed by atoms with Gasteiger partial charge in [-0.3, -0.25) is 0 Å². The van der Waals surface area contributed by atoms with Crippen LogP contribution in [0.2, 0.25) is 0 Å². The Morgan fingerprint density at radius 2 is 1.94 bits per heavy atom. The molecule has 0 saturated carbocycles. The van der Waals surface area contributed by atoms with Gasteiger partial charge >= 0.3 is 0 Å². The fourth-order valence-electron chi connectivity index (χ4n) is 1.75. The highest BCUT2D eigenvalue weighted by Crippen LogP contribution is 2.40. The van der Waals surface area contributed by atoms with Crippen molar-refractivity contribution in [3.05, 3.63) is 35.6 Å². The van der Waals surface area contributed by atoms with E-state index in [9.17, 15) is 17.9 Å². The van der Waals surface area contributed by atoms with Crippen LogP contribution in [-0.4, -0.2) is 23.5 Å². The Kier molecular flexibility index (Phi) is 4.75. The van der Waals surface area contributed by atoms with Gasteiger partial charge in [0.1, 0.15) is 11.9 Å². The van der Waals surface area contributed by atoms with Gasteiger partial charge in [0.05, 0.1) is 0 Å². The molecule has 0 aliphatic carbocycles. The van der Waals surface area contributed by atoms with Gasteiger partial charge in [-0.25, -0.2) is 12.8 Å². The summed E-state index contributed by atoms with van der Waals surface area (Å²) in [6.07, 6.45) is -1.62. The molecular formula is C12H16ClFO3S. The first-order valence-corrected chi connectivity index (χ1v) is 7.66. The van der Waals surface area contributed by atoms with Crippen molar-refractivity contribution in [1.29, 1.82) is 0 Å². The Labute approximate surface area is 112 Å². The van der Waals surface area contributed by atoms with Crippen LogP contribution >= 0.6 is 11.6 Å². The first-order valence-electron chi connectivity index (χ1n) is 5.63. The molecule has 1 N–H and O–H groups in total. The van der Waals surface area contributed by atoms with Gasteiger partial charge in [-0.05, 0) is 12.5 Å². The zero-order valence-corrected chi connectivity index (χ0v) is 11.8. The minimum absolute atomic E-state index is 0.0137. The van der Waals surface area contributed by atoms with Gasteiger partial charge in [-0.15, -0.1) is 0 Å². The lowest BCUT2D eigenvalue weighted by Crippen LogP contribution is -2.40. The molecule has 1 aromatic carbocycles. The molecule has 18 heavy (non-hydrogen) atoms. The van der Waals surface area contributed by atoms with Gasteiger partial charge in [-0.2, -0.15) is 0 Å². The van der Waals surface area contributed by atoms with Crippen LogP contribution in [0.4, 0.5) is 4.39 Å². The maximum absolute atomic E-state index is 13.6. The largest absolute Gasteiger partial charge is 0.385 e. The summed E-state index contributed by atoms with van der Waals surface area (Å²) in [6, 6.07) is 5.47. The second kappa shape index (κ2) is 5.55. The van der Waals surface area contributed by atoms with Gasteiger partial charge < -0.3 is 5.11 Å². The fourth-order valence-corrected chi connectivity index (χ4v) is 3.58. The molecule has 0 spiro atoms. The van der Waals surface area contributed by atoms with E-state index in [2.05, 4.69) is 0 Å². The highest BCUT2D eigenvalue weighted by molar-refractivity contribution is 7.94. The van der Waals surface area contributed by atoms with Crippen molar-refractivity contribution in [2.75, 3.05) is 5.75 Å². The molecule has 6 heteroatoms. The van der Waals surface area contributed by atoms with Gasteiger partial charge in [0, 0.05) is 11.3 Å². The van der Waals surface area contributed by atoms with Crippen molar-refractivity contribution >= 4 is 21.4 Å². The third-order valence-corrected chi connectivity index (χ3v) is 6.47. The number of aliphatic hydroxyl groups excluding tert-OH is 1. The summed E-state index contributed by atoms with van der Waals surface area (Å²) in [6.45, 7) is 2.99. The van der Waals surface area contributed by atoms with Crippen molar-refractivity contribution < 1.29 is 17.9 Å². The lowest BCUT2D eigenvalue weighted by molar-refractivity contribution is 0.150. The van der Waals surface area contributed by atoms with Crippen LogP contribution in [0.1, 0.15) is 31.9 Å². The molecule has 0 unspecified atom stereocenters. The number of rotatable bonds is 5. The quantitative estimate of drug-likeness (QED) is 0.850. The summed E-state index contributed by atoms with van der Waals surface area (Å²) in [5.74, 6) is -0.884. The molecular weight excluding hydrogens is 279 g/mol. The number of benzene rings is 1. The maximum atomic E-state index is 13.6. The summed E-state index contributed by atoms with van der Waals surface area (Å²) >= 11 is 6.07. The lowest BCUT2D eigenvalue weighted by Gasteiger charge is -2.30. The molecule has 1 aromatic rings. The van der Waals surface area contributed by atoms with E-state index in [1.807, 2.05) is 0 Å². The Bertz CT molecular complexity index is 518. The third-order valence-electron chi connectivity index (χ3n) is 2.99. The zero-order valence-electron chi connectivity index (χ0n) is 10.2. The van der Waals surface area contributed by atoms with Gasteiger partial charge in [0.25, 0.3) is 0 Å². The molecule has 1 rings (SSSR count). The summed E-state index contributed by atoms with van der Waals surface area (Å²) in [5.41, 5.74) is -0.105. The van der Waals surface area contributed by atoms with Crippen molar-refractivity contribution in [1.82, 2.24) is 0 Å². The molecule has 3 nitrogen and oxygen atoms in total. The number of hydrogen-bond donors (Lipinski definition) is 1. The van der Waals surface area contributed by atoms with Crippen molar-refractivity contribution in [3.8, 4) is 0 Å². The molecule has 0 aliphatic rings. The number of sulfone groups is 1. The predicted octanol–water partition coefficient (Wildman–Crippen LogP) is 2.64. The van der Waals surface area contributed by atoms with E-state index in [0.717, 1.165) is 6.07 Å². The second-order valence-corrected chi connectivity index (χ2v) is 7.40. The number of halogens is 2. The molecule has 0 aliphatic heterocycles. The molecule has 0 amide bonds. The Hall–Kier alpha value is -0.650. The average Bonchev–Trinajstić information content (AvgIpc) is 2.37. The van der Waals surface area contributed by atoms with Gasteiger partial charge in [0.15, 0.2) is 14.0 Å². The van der Waals surface area contributed by atoms with Crippen LogP contribution in [-0.2, 0) is 9.84 Å². The minimum Gasteiger partial charge on any atom is -0.385 e. The molecule has 0 fully saturated rings. The van der Waals surface area contributed by atoms with E-state index >= 15 is 0 Å². The fraction of sp³-hybridized carbons (Fsp3) is 0.500. The molecule has 0 radical (unpaired) electrons. The molecule has 0 heterocycles. The predicted molar refractivity (Wildman–Crippen MR) is 69.7 cm³/mol. The Balaban J connectivity index is 3.31. The van der Waals surface area contributed by atoms with E-state index in [1.54, 1.807) is 6.92 Å². The molecule has 0 bridgehead atoms. The average molecular weight is 295 g/mol. The summed E-state index contributed by atoms with van der Waals surface area (Å²) in [7, 11) is -3.73. The van der Waals surface area contributed by atoms with Crippen LogP contribution in [0.15, 0.2) is 24.3 Å². The number of hydrogen-bond acceptors (Lipinski definition) is 3. The minimum atomic E-state index is -3.73. The zero-order chi connectivity index (χ0) is 14.0. The third kappa shape index (κ3) is 2.53. The van der Waals surface area contributed by atoms with Crippen molar-refractivity contribution in [2.24, 2.45) is 0 Å². The first-order chi connectivity index (χ1) is 8.30. The van der Waals surface area contributed by atoms with E-state index in [0.29, 0.717) is 0 Å². The van der Waals surface area contributed by atoms with Crippen molar-refractivity contribution in [3.63, 3.8) is 0 Å². The summed E-state index contributed by atoms with van der Waals surface area (Å²) in [4.78, 5) is 0. The van der Waals surface area contributed by atoms with E-state index in [-0.39, 0.29) is 17.7 Å². The normalized spacial score (nSPS) is 17.2. The van der Waals surface area contributed by atoms with E-state index in [4.69, 9.17) is 11.6 Å². The summed E-state index contributed by atoms with van der Waals surface area (Å²) < 4.78 is 35.6. The highest BCUT2D eigenvalue weighted by atomic mass is 35.5. The topological polar surface area (TPSA) is 54.4 Å². The molecule has 2 atom stereocenters. The maximum Gasteiger partial charge on any atom is 0.175 e. The number of aliphatic hydroxyl groups is 1. The van der Waals surface area contributed by atoms with Gasteiger partial charge in [0.2, 0.25) is 0 Å². The van der Waals surface area contributed by atoms with E-state index < -0.39 is 26.0 Å². The standard InChI is InChI=1S/C12H16ClFO3S/c1-3-12(13,18(16,17)4-2)11(15)9-7-5-6-8-10(9)14/h5-8,11,15H,3-4H2,1-2H3/t11-,12-/m0/s1. The van der Waals surface area contributed by atoms with Crippen LogP contribution in [0.25, 0.3) is 0 Å². The Morgan fingerprint density at radius 1 is 1.39 bits per heavy atom. The summed E-state index contributed by atoms with van der Waals surface area (Å²) in [5, 5.41) is 10.1. The molecule has 0 saturated heterocycles. The van der Waals surface area contributed by atoms with E-state index in [1.165, 1.54) is 25.1 Å². The SMILES string of the molecule is CC[C@@](Cl)([C@@H](O)c1ccccc1F)S(=O)(=O)CC. The van der Waals surface area contributed by atoms with Crippen LogP contribution in [0.5, 0.6) is 0 Å². The smallest absolute Gasteiger partial charge is 0.175 e. The molecule has 102 valence electrons. The first kappa shape index (κ1) is 15.4. The molecule has 0 aromatic heterocycles. The lowest BCUT2D eigenvalue weighted by atomic mass is 10.0. The van der Waals surface area contributed by atoms with Crippen molar-refractivity contribution in [2.45, 2.75) is 30.6 Å². The van der Waals surface area contributed by atoms with Gasteiger partial charge in [-0.1, -0.05) is 43.6 Å². The van der Waals surface area contributed by atoms with Crippen LogP contribution < -0.4 is 0 Å². The highest BCUT2D eigenvalue weighted by Gasteiger charge is 2.47.